The molecule has 0 bridgehead atoms. The summed E-state index contributed by atoms with van der Waals surface area (Å²) in [6.45, 7) is 7.16. The Morgan fingerprint density at radius 2 is 2.00 bits per heavy atom. The summed E-state index contributed by atoms with van der Waals surface area (Å²) in [5.74, 6) is 1.29. The molecule has 0 aromatic rings. The van der Waals surface area contributed by atoms with E-state index in [-0.39, 0.29) is 0 Å². The van der Waals surface area contributed by atoms with E-state index in [9.17, 15) is 0 Å². The summed E-state index contributed by atoms with van der Waals surface area (Å²) >= 11 is 2.16. The van der Waals surface area contributed by atoms with Crippen molar-refractivity contribution in [2.24, 2.45) is 5.41 Å². The SMILES string of the molecule is CCSC1CCC(NC2CCCC(C)(C)C2)C1. The fourth-order valence-corrected chi connectivity index (χ4v) is 4.79. The predicted octanol–water partition coefficient (Wildman–Crippen LogP) is 4.22. The van der Waals surface area contributed by atoms with E-state index in [1.165, 1.54) is 50.7 Å². The topological polar surface area (TPSA) is 12.0 Å². The second kappa shape index (κ2) is 5.97. The first-order chi connectivity index (χ1) is 8.09. The second-order valence-electron chi connectivity index (χ2n) is 6.71. The molecule has 2 aliphatic carbocycles. The van der Waals surface area contributed by atoms with Crippen molar-refractivity contribution in [3.05, 3.63) is 0 Å². The molecule has 100 valence electrons. The maximum Gasteiger partial charge on any atom is 0.00805 e. The normalized spacial score (nSPS) is 37.2. The molecule has 0 aromatic heterocycles. The van der Waals surface area contributed by atoms with E-state index < -0.39 is 0 Å². The van der Waals surface area contributed by atoms with Crippen molar-refractivity contribution in [3.63, 3.8) is 0 Å². The molecule has 0 heterocycles. The van der Waals surface area contributed by atoms with E-state index in [4.69, 9.17) is 0 Å². The van der Waals surface area contributed by atoms with Gasteiger partial charge in [0.15, 0.2) is 0 Å². The molecule has 0 spiro atoms. The van der Waals surface area contributed by atoms with Crippen LogP contribution in [0.2, 0.25) is 0 Å². The van der Waals surface area contributed by atoms with Crippen LogP contribution in [0, 0.1) is 5.41 Å². The van der Waals surface area contributed by atoms with Crippen molar-refractivity contribution in [3.8, 4) is 0 Å². The van der Waals surface area contributed by atoms with Crippen LogP contribution in [0.1, 0.15) is 65.7 Å². The molecule has 2 rings (SSSR count). The van der Waals surface area contributed by atoms with Gasteiger partial charge < -0.3 is 5.32 Å². The Hall–Kier alpha value is 0.310. The van der Waals surface area contributed by atoms with Gasteiger partial charge in [0.05, 0.1) is 0 Å². The summed E-state index contributed by atoms with van der Waals surface area (Å²) in [5.41, 5.74) is 0.575. The van der Waals surface area contributed by atoms with Crippen molar-refractivity contribution in [2.45, 2.75) is 83.1 Å². The molecule has 2 aliphatic rings. The highest BCUT2D eigenvalue weighted by molar-refractivity contribution is 7.99. The molecule has 0 aromatic carbocycles. The Bertz CT molecular complexity index is 239. The summed E-state index contributed by atoms with van der Waals surface area (Å²) in [6.07, 6.45) is 9.89. The maximum atomic E-state index is 3.95. The molecule has 3 atom stereocenters. The van der Waals surface area contributed by atoms with Crippen LogP contribution in [0.15, 0.2) is 0 Å². The molecule has 1 nitrogen and oxygen atoms in total. The Kier molecular flexibility index (Phi) is 4.82. The fourth-order valence-electron chi connectivity index (χ4n) is 3.65. The lowest BCUT2D eigenvalue weighted by Gasteiger charge is -2.37. The van der Waals surface area contributed by atoms with Crippen LogP contribution in [0.3, 0.4) is 0 Å². The Morgan fingerprint density at radius 1 is 1.18 bits per heavy atom. The minimum atomic E-state index is 0.575. The van der Waals surface area contributed by atoms with E-state index in [2.05, 4.69) is 37.8 Å². The van der Waals surface area contributed by atoms with Gasteiger partial charge in [0.2, 0.25) is 0 Å². The van der Waals surface area contributed by atoms with Crippen LogP contribution in [0.25, 0.3) is 0 Å². The van der Waals surface area contributed by atoms with Gasteiger partial charge in [-0.3, -0.25) is 0 Å². The zero-order valence-corrected chi connectivity index (χ0v) is 12.6. The van der Waals surface area contributed by atoms with Gasteiger partial charge in [-0.15, -0.1) is 0 Å². The van der Waals surface area contributed by atoms with Crippen LogP contribution in [0.5, 0.6) is 0 Å². The molecule has 0 radical (unpaired) electrons. The molecular weight excluding hydrogens is 226 g/mol. The first-order valence-electron chi connectivity index (χ1n) is 7.47. The molecule has 17 heavy (non-hydrogen) atoms. The second-order valence-corrected chi connectivity index (χ2v) is 8.29. The monoisotopic (exact) mass is 255 g/mol. The minimum absolute atomic E-state index is 0.575. The Labute approximate surface area is 112 Å². The highest BCUT2D eigenvalue weighted by Gasteiger charge is 2.31. The van der Waals surface area contributed by atoms with Gasteiger partial charge in [-0.1, -0.05) is 27.2 Å². The van der Waals surface area contributed by atoms with Gasteiger partial charge >= 0.3 is 0 Å². The molecule has 0 saturated heterocycles. The molecule has 2 fully saturated rings. The van der Waals surface area contributed by atoms with Crippen LogP contribution in [0.4, 0.5) is 0 Å². The number of nitrogens with one attached hydrogen (secondary N) is 1. The standard InChI is InChI=1S/C15H29NS/c1-4-17-14-8-7-12(10-14)16-13-6-5-9-15(2,3)11-13/h12-14,16H,4-11H2,1-3H3. The van der Waals surface area contributed by atoms with Gasteiger partial charge in [-0.2, -0.15) is 11.8 Å². The molecule has 2 saturated carbocycles. The van der Waals surface area contributed by atoms with Crippen LogP contribution in [-0.4, -0.2) is 23.1 Å². The molecule has 3 unspecified atom stereocenters. The van der Waals surface area contributed by atoms with E-state index in [0.717, 1.165) is 17.3 Å². The van der Waals surface area contributed by atoms with E-state index in [1.807, 2.05) is 0 Å². The number of hydrogen-bond donors (Lipinski definition) is 1. The van der Waals surface area contributed by atoms with E-state index in [0.29, 0.717) is 5.41 Å². The number of hydrogen-bond acceptors (Lipinski definition) is 2. The fraction of sp³-hybridized carbons (Fsp3) is 1.00. The Balaban J connectivity index is 1.74. The van der Waals surface area contributed by atoms with Crippen molar-refractivity contribution < 1.29 is 0 Å². The molecule has 2 heteroatoms. The lowest BCUT2D eigenvalue weighted by atomic mass is 9.75. The third kappa shape index (κ3) is 4.17. The summed E-state index contributed by atoms with van der Waals surface area (Å²) in [5, 5.41) is 4.89. The molecule has 0 aliphatic heterocycles. The lowest BCUT2D eigenvalue weighted by molar-refractivity contribution is 0.189. The third-order valence-electron chi connectivity index (χ3n) is 4.46. The molecule has 1 N–H and O–H groups in total. The predicted molar refractivity (Wildman–Crippen MR) is 78.7 cm³/mol. The zero-order chi connectivity index (χ0) is 12.3. The maximum absolute atomic E-state index is 3.95. The quantitative estimate of drug-likeness (QED) is 0.807. The third-order valence-corrected chi connectivity index (χ3v) is 5.70. The van der Waals surface area contributed by atoms with Gasteiger partial charge in [0.1, 0.15) is 0 Å². The number of thioether (sulfide) groups is 1. The highest BCUT2D eigenvalue weighted by atomic mass is 32.2. The van der Waals surface area contributed by atoms with Crippen LogP contribution < -0.4 is 5.32 Å². The number of rotatable bonds is 4. The van der Waals surface area contributed by atoms with Gasteiger partial charge in [0, 0.05) is 17.3 Å². The minimum Gasteiger partial charge on any atom is -0.311 e. The molecular formula is C15H29NS. The Morgan fingerprint density at radius 3 is 2.71 bits per heavy atom. The largest absolute Gasteiger partial charge is 0.311 e. The van der Waals surface area contributed by atoms with Gasteiger partial charge in [-0.05, 0) is 49.7 Å². The summed E-state index contributed by atoms with van der Waals surface area (Å²) in [7, 11) is 0. The first kappa shape index (κ1) is 13.7. The highest BCUT2D eigenvalue weighted by Crippen LogP contribution is 2.36. The average Bonchev–Trinajstić information content (AvgIpc) is 2.64. The van der Waals surface area contributed by atoms with Crippen molar-refractivity contribution in [2.75, 3.05) is 5.75 Å². The summed E-state index contributed by atoms with van der Waals surface area (Å²) < 4.78 is 0. The van der Waals surface area contributed by atoms with Crippen molar-refractivity contribution in [1.29, 1.82) is 0 Å². The van der Waals surface area contributed by atoms with E-state index in [1.54, 1.807) is 0 Å². The first-order valence-corrected chi connectivity index (χ1v) is 8.51. The zero-order valence-electron chi connectivity index (χ0n) is 11.8. The summed E-state index contributed by atoms with van der Waals surface area (Å²) in [4.78, 5) is 0. The van der Waals surface area contributed by atoms with Gasteiger partial charge in [-0.25, -0.2) is 0 Å². The van der Waals surface area contributed by atoms with Crippen molar-refractivity contribution in [1.82, 2.24) is 5.32 Å². The van der Waals surface area contributed by atoms with Crippen molar-refractivity contribution >= 4 is 11.8 Å². The van der Waals surface area contributed by atoms with Gasteiger partial charge in [0.25, 0.3) is 0 Å². The molecule has 0 amide bonds. The average molecular weight is 255 g/mol. The summed E-state index contributed by atoms with van der Waals surface area (Å²) in [6, 6.07) is 1.62. The van der Waals surface area contributed by atoms with Crippen LogP contribution in [-0.2, 0) is 0 Å². The smallest absolute Gasteiger partial charge is 0.00805 e. The van der Waals surface area contributed by atoms with Crippen LogP contribution >= 0.6 is 11.8 Å². The lowest BCUT2D eigenvalue weighted by Crippen LogP contribution is -2.42. The van der Waals surface area contributed by atoms with E-state index >= 15 is 0 Å².